The topological polar surface area (TPSA) is 36.9 Å². The van der Waals surface area contributed by atoms with Crippen LogP contribution in [-0.2, 0) is 32.2 Å². The number of hydrogen-bond acceptors (Lipinski definition) is 4. The Balaban J connectivity index is 1.40. The summed E-state index contributed by atoms with van der Waals surface area (Å²) in [7, 11) is 0. The van der Waals surface area contributed by atoms with E-state index >= 15 is 0 Å². The van der Waals surface area contributed by atoms with E-state index in [4.69, 9.17) is 18.9 Å². The lowest BCUT2D eigenvalue weighted by atomic mass is 9.91. The predicted octanol–water partition coefficient (Wildman–Crippen LogP) is 3.55. The van der Waals surface area contributed by atoms with Crippen molar-refractivity contribution in [2.45, 2.75) is 44.7 Å². The van der Waals surface area contributed by atoms with Gasteiger partial charge in [0.25, 0.3) is 0 Å². The molecule has 0 saturated carbocycles. The van der Waals surface area contributed by atoms with Crippen LogP contribution in [0.2, 0.25) is 0 Å². The maximum atomic E-state index is 6.21. The molecule has 5 atom stereocenters. The van der Waals surface area contributed by atoms with Gasteiger partial charge in [0.05, 0.1) is 25.9 Å². The van der Waals surface area contributed by atoms with Crippen LogP contribution in [-0.4, -0.2) is 31.2 Å². The van der Waals surface area contributed by atoms with E-state index in [0.29, 0.717) is 19.8 Å². The Morgan fingerprint density at radius 3 is 2.00 bits per heavy atom. The molecule has 0 N–H and O–H groups in total. The number of hydrogen-bond donors (Lipinski definition) is 0. The van der Waals surface area contributed by atoms with E-state index in [1.807, 2.05) is 36.4 Å². The van der Waals surface area contributed by atoms with Gasteiger partial charge in [0.15, 0.2) is 6.29 Å². The summed E-state index contributed by atoms with van der Waals surface area (Å²) < 4.78 is 24.2. The fraction of sp³-hybridized carbons (Fsp3) is 0.429. The Morgan fingerprint density at radius 1 is 0.840 bits per heavy atom. The van der Waals surface area contributed by atoms with Crippen LogP contribution in [0.3, 0.4) is 0 Å². The van der Waals surface area contributed by atoms with Crippen LogP contribution in [0, 0.1) is 5.92 Å². The van der Waals surface area contributed by atoms with Crippen LogP contribution >= 0.6 is 0 Å². The molecule has 0 aromatic heterocycles. The van der Waals surface area contributed by atoms with Gasteiger partial charge in [-0.05, 0) is 11.1 Å². The highest BCUT2D eigenvalue weighted by atomic mass is 16.8. The molecule has 0 unspecified atom stereocenters. The summed E-state index contributed by atoms with van der Waals surface area (Å²) in [6, 6.07) is 20.4. The molecule has 0 radical (unpaired) electrons. The van der Waals surface area contributed by atoms with Gasteiger partial charge in [-0.3, -0.25) is 0 Å². The van der Waals surface area contributed by atoms with Crippen molar-refractivity contribution in [3.05, 3.63) is 71.8 Å². The smallest absolute Gasteiger partial charge is 0.184 e. The van der Waals surface area contributed by atoms with Gasteiger partial charge in [0, 0.05) is 5.92 Å². The second-order valence-corrected chi connectivity index (χ2v) is 6.76. The Labute approximate surface area is 148 Å². The number of benzene rings is 2. The van der Waals surface area contributed by atoms with Gasteiger partial charge in [0.2, 0.25) is 0 Å². The molecule has 4 nitrogen and oxygen atoms in total. The van der Waals surface area contributed by atoms with Crippen molar-refractivity contribution in [3.63, 3.8) is 0 Å². The molecule has 0 amide bonds. The molecular weight excluding hydrogens is 316 g/mol. The highest BCUT2D eigenvalue weighted by Crippen LogP contribution is 2.36. The zero-order valence-corrected chi connectivity index (χ0v) is 14.4. The van der Waals surface area contributed by atoms with Gasteiger partial charge in [-0.1, -0.05) is 67.6 Å². The minimum Gasteiger partial charge on any atom is -0.370 e. The lowest BCUT2D eigenvalue weighted by molar-refractivity contribution is -0.235. The molecule has 4 heteroatoms. The van der Waals surface area contributed by atoms with Crippen molar-refractivity contribution in [2.75, 3.05) is 6.61 Å². The maximum Gasteiger partial charge on any atom is 0.184 e. The average Bonchev–Trinajstić information content (AvgIpc) is 3.09. The minimum atomic E-state index is -0.291. The molecule has 0 spiro atoms. The first-order valence-corrected chi connectivity index (χ1v) is 8.89. The van der Waals surface area contributed by atoms with Gasteiger partial charge in [-0.2, -0.15) is 0 Å². The van der Waals surface area contributed by atoms with E-state index < -0.39 is 0 Å². The van der Waals surface area contributed by atoms with E-state index in [9.17, 15) is 0 Å². The van der Waals surface area contributed by atoms with Crippen molar-refractivity contribution in [1.82, 2.24) is 0 Å². The number of rotatable bonds is 6. The Kier molecular flexibility index (Phi) is 5.13. The summed E-state index contributed by atoms with van der Waals surface area (Å²) >= 11 is 0. The van der Waals surface area contributed by atoms with Gasteiger partial charge in [-0.25, -0.2) is 0 Å². The summed E-state index contributed by atoms with van der Waals surface area (Å²) in [6.45, 7) is 3.86. The molecule has 2 heterocycles. The van der Waals surface area contributed by atoms with Crippen LogP contribution in [0.4, 0.5) is 0 Å². The summed E-state index contributed by atoms with van der Waals surface area (Å²) in [5.74, 6) is 0.207. The molecular formula is C21H24O4. The SMILES string of the molecule is C[C@@H]1[C@@H](OCc2ccccc2)[C@H]2OC[C@@H](O2)[C@H]1OCc1ccccc1. The third-order valence-electron chi connectivity index (χ3n) is 4.98. The van der Waals surface area contributed by atoms with Gasteiger partial charge < -0.3 is 18.9 Å². The first-order valence-electron chi connectivity index (χ1n) is 8.89. The molecule has 25 heavy (non-hydrogen) atoms. The third kappa shape index (κ3) is 3.77. The Morgan fingerprint density at radius 2 is 1.40 bits per heavy atom. The monoisotopic (exact) mass is 340 g/mol. The lowest BCUT2D eigenvalue weighted by Gasteiger charge is -2.39. The highest BCUT2D eigenvalue weighted by molar-refractivity contribution is 5.14. The fourth-order valence-corrected chi connectivity index (χ4v) is 3.58. The standard InChI is InChI=1S/C21H24O4/c1-15-19(22-12-16-8-4-2-5-9-16)18-14-24-21(25-18)20(15)23-13-17-10-6-3-7-11-17/h2-11,15,18-21H,12-14H2,1H3/t15-,18+,19-,20+,21-/m0/s1. The minimum absolute atomic E-state index is 0.0136. The molecule has 2 fully saturated rings. The molecule has 2 bridgehead atoms. The maximum absolute atomic E-state index is 6.21. The van der Waals surface area contributed by atoms with E-state index in [0.717, 1.165) is 11.1 Å². The lowest BCUT2D eigenvalue weighted by Crippen LogP contribution is -2.51. The van der Waals surface area contributed by atoms with Gasteiger partial charge in [0.1, 0.15) is 12.2 Å². The van der Waals surface area contributed by atoms with Crippen LogP contribution in [0.15, 0.2) is 60.7 Å². The normalized spacial score (nSPS) is 31.2. The van der Waals surface area contributed by atoms with Crippen LogP contribution in [0.25, 0.3) is 0 Å². The molecule has 0 aliphatic carbocycles. The van der Waals surface area contributed by atoms with Gasteiger partial charge >= 0.3 is 0 Å². The first-order chi connectivity index (χ1) is 12.3. The van der Waals surface area contributed by atoms with E-state index in [1.165, 1.54) is 0 Å². The molecule has 2 saturated heterocycles. The molecule has 132 valence electrons. The molecule has 2 aliphatic rings. The Hall–Kier alpha value is -1.72. The van der Waals surface area contributed by atoms with Crippen LogP contribution in [0.1, 0.15) is 18.1 Å². The zero-order valence-electron chi connectivity index (χ0n) is 14.4. The first kappa shape index (κ1) is 16.7. The Bertz CT molecular complexity index is 603. The van der Waals surface area contributed by atoms with Crippen LogP contribution < -0.4 is 0 Å². The van der Waals surface area contributed by atoms with E-state index in [-0.39, 0.29) is 30.5 Å². The fourth-order valence-electron chi connectivity index (χ4n) is 3.58. The molecule has 2 aromatic carbocycles. The van der Waals surface area contributed by atoms with Gasteiger partial charge in [-0.15, -0.1) is 0 Å². The molecule has 4 rings (SSSR count). The molecule has 2 aliphatic heterocycles. The quantitative estimate of drug-likeness (QED) is 0.806. The second kappa shape index (κ2) is 7.67. The summed E-state index contributed by atoms with van der Waals surface area (Å²) in [4.78, 5) is 0. The van der Waals surface area contributed by atoms with Crippen molar-refractivity contribution in [1.29, 1.82) is 0 Å². The number of ether oxygens (including phenoxy) is 4. The van der Waals surface area contributed by atoms with Crippen molar-refractivity contribution >= 4 is 0 Å². The largest absolute Gasteiger partial charge is 0.370 e. The zero-order chi connectivity index (χ0) is 17.1. The number of fused-ring (bicyclic) bond motifs is 2. The van der Waals surface area contributed by atoms with Crippen molar-refractivity contribution < 1.29 is 18.9 Å². The average molecular weight is 340 g/mol. The van der Waals surface area contributed by atoms with Crippen molar-refractivity contribution in [2.24, 2.45) is 5.92 Å². The predicted molar refractivity (Wildman–Crippen MR) is 93.8 cm³/mol. The summed E-state index contributed by atoms with van der Waals surface area (Å²) in [5, 5.41) is 0. The van der Waals surface area contributed by atoms with Crippen LogP contribution in [0.5, 0.6) is 0 Å². The van der Waals surface area contributed by atoms with E-state index in [1.54, 1.807) is 0 Å². The highest BCUT2D eigenvalue weighted by Gasteiger charge is 2.50. The van der Waals surface area contributed by atoms with Crippen molar-refractivity contribution in [3.8, 4) is 0 Å². The summed E-state index contributed by atoms with van der Waals surface area (Å²) in [6.07, 6.45) is -0.458. The van der Waals surface area contributed by atoms with E-state index in [2.05, 4.69) is 31.2 Å². The second-order valence-electron chi connectivity index (χ2n) is 6.76. The molecule has 2 aromatic rings. The third-order valence-corrected chi connectivity index (χ3v) is 4.98. The summed E-state index contributed by atoms with van der Waals surface area (Å²) in [5.41, 5.74) is 2.31.